The number of amides is 1. The number of aryl methyl sites for hydroxylation is 1. The zero-order valence-electron chi connectivity index (χ0n) is 13.1. The molecule has 122 valence electrons. The van der Waals surface area contributed by atoms with E-state index in [0.717, 1.165) is 12.8 Å². The van der Waals surface area contributed by atoms with Crippen LogP contribution in [0.3, 0.4) is 0 Å². The minimum atomic E-state index is -1.29. The first-order chi connectivity index (χ1) is 11.1. The second-order valence-corrected chi connectivity index (χ2v) is 6.98. The molecule has 0 aliphatic rings. The van der Waals surface area contributed by atoms with E-state index in [9.17, 15) is 9.00 Å². The number of rotatable bonds is 7. The Morgan fingerprint density at radius 1 is 1.09 bits per heavy atom. The van der Waals surface area contributed by atoms with Crippen LogP contribution in [0.2, 0.25) is 0 Å². The number of hydrogen-bond acceptors (Lipinski definition) is 3. The molecule has 2 unspecified atom stereocenters. The zero-order chi connectivity index (χ0) is 16.7. The van der Waals surface area contributed by atoms with E-state index < -0.39 is 22.0 Å². The van der Waals surface area contributed by atoms with Crippen molar-refractivity contribution in [2.75, 3.05) is 6.26 Å². The summed E-state index contributed by atoms with van der Waals surface area (Å²) < 4.78 is 11.5. The Balaban J connectivity index is 1.91. The fraction of sp³-hybridized carbons (Fsp3) is 0.278. The van der Waals surface area contributed by atoms with E-state index in [-0.39, 0.29) is 0 Å². The first-order valence-electron chi connectivity index (χ1n) is 7.52. The van der Waals surface area contributed by atoms with Gasteiger partial charge in [0.15, 0.2) is 0 Å². The predicted molar refractivity (Wildman–Crippen MR) is 92.6 cm³/mol. The van der Waals surface area contributed by atoms with Crippen LogP contribution in [0, 0.1) is 0 Å². The third-order valence-electron chi connectivity index (χ3n) is 3.80. The summed E-state index contributed by atoms with van der Waals surface area (Å²) in [6.07, 6.45) is 3.51. The number of nitrogens with one attached hydrogen (secondary N) is 1. The Morgan fingerprint density at radius 2 is 1.70 bits per heavy atom. The van der Waals surface area contributed by atoms with Crippen molar-refractivity contribution in [2.24, 2.45) is 0 Å². The lowest BCUT2D eigenvalue weighted by Gasteiger charge is -2.12. The summed E-state index contributed by atoms with van der Waals surface area (Å²) in [5, 5.41) is 8.01. The molecule has 2 rings (SSSR count). The number of carbonyl (C=O) groups is 1. The van der Waals surface area contributed by atoms with Gasteiger partial charge in [0.1, 0.15) is 5.25 Å². The number of benzene rings is 2. The lowest BCUT2D eigenvalue weighted by atomic mass is 10.0. The van der Waals surface area contributed by atoms with Crippen molar-refractivity contribution >= 4 is 16.7 Å². The van der Waals surface area contributed by atoms with Crippen LogP contribution >= 0.6 is 0 Å². The lowest BCUT2D eigenvalue weighted by Crippen LogP contribution is -2.35. The van der Waals surface area contributed by atoms with E-state index in [0.29, 0.717) is 6.42 Å². The van der Waals surface area contributed by atoms with Gasteiger partial charge in [-0.25, -0.2) is 5.48 Å². The molecule has 4 nitrogen and oxygen atoms in total. The summed E-state index contributed by atoms with van der Waals surface area (Å²) in [6, 6.07) is 18.5. The third kappa shape index (κ3) is 5.01. The van der Waals surface area contributed by atoms with Crippen molar-refractivity contribution in [3.63, 3.8) is 0 Å². The second kappa shape index (κ2) is 8.60. The first kappa shape index (κ1) is 17.4. The van der Waals surface area contributed by atoms with Crippen LogP contribution in [0.4, 0.5) is 0 Å². The second-order valence-electron chi connectivity index (χ2n) is 5.42. The Kier molecular flexibility index (Phi) is 6.50. The summed E-state index contributed by atoms with van der Waals surface area (Å²) in [7, 11) is -1.29. The Bertz CT molecular complexity index is 656. The van der Waals surface area contributed by atoms with Gasteiger partial charge in [-0.1, -0.05) is 54.6 Å². The van der Waals surface area contributed by atoms with Gasteiger partial charge in [0.25, 0.3) is 5.91 Å². The van der Waals surface area contributed by atoms with Gasteiger partial charge < -0.3 is 0 Å². The third-order valence-corrected chi connectivity index (χ3v) is 5.05. The largest absolute Gasteiger partial charge is 0.289 e. The van der Waals surface area contributed by atoms with Crippen molar-refractivity contribution in [3.8, 4) is 11.1 Å². The molecule has 0 bridgehead atoms. The molecule has 23 heavy (non-hydrogen) atoms. The molecule has 0 aliphatic heterocycles. The highest BCUT2D eigenvalue weighted by molar-refractivity contribution is 7.85. The highest BCUT2D eigenvalue weighted by Gasteiger charge is 2.21. The van der Waals surface area contributed by atoms with Crippen LogP contribution in [0.5, 0.6) is 0 Å². The highest BCUT2D eigenvalue weighted by Crippen LogP contribution is 2.20. The summed E-state index contributed by atoms with van der Waals surface area (Å²) in [5.74, 6) is -0.578. The molecule has 0 saturated carbocycles. The molecule has 2 aromatic rings. The van der Waals surface area contributed by atoms with Crippen LogP contribution in [-0.2, 0) is 22.0 Å². The highest BCUT2D eigenvalue weighted by atomic mass is 32.2. The van der Waals surface area contributed by atoms with Gasteiger partial charge in [0.2, 0.25) is 0 Å². The number of hydroxylamine groups is 1. The molecule has 0 aliphatic carbocycles. The molecule has 0 spiro atoms. The molecule has 0 heterocycles. The van der Waals surface area contributed by atoms with Gasteiger partial charge in [0.05, 0.1) is 0 Å². The smallest absolute Gasteiger partial charge is 0.259 e. The van der Waals surface area contributed by atoms with Crippen molar-refractivity contribution in [1.29, 1.82) is 0 Å². The lowest BCUT2D eigenvalue weighted by molar-refractivity contribution is -0.128. The fourth-order valence-corrected chi connectivity index (χ4v) is 3.36. The topological polar surface area (TPSA) is 66.4 Å². The fourth-order valence-electron chi connectivity index (χ4n) is 2.51. The Hall–Kier alpha value is -1.98. The maximum atomic E-state index is 11.5. The van der Waals surface area contributed by atoms with E-state index in [1.54, 1.807) is 5.48 Å². The minimum absolute atomic E-state index is 0.482. The summed E-state index contributed by atoms with van der Waals surface area (Å²) in [6.45, 7) is 0. The SMILES string of the molecule is CS(=O)C(CCCc1ccc(-c2ccccc2)cc1)C(=O)NO. The van der Waals surface area contributed by atoms with Crippen molar-refractivity contribution in [3.05, 3.63) is 60.2 Å². The van der Waals surface area contributed by atoms with Gasteiger partial charge in [0, 0.05) is 17.1 Å². The summed E-state index contributed by atoms with van der Waals surface area (Å²) in [4.78, 5) is 11.4. The molecule has 2 atom stereocenters. The Morgan fingerprint density at radius 3 is 2.26 bits per heavy atom. The minimum Gasteiger partial charge on any atom is -0.289 e. The van der Waals surface area contributed by atoms with Crippen LogP contribution in [0.25, 0.3) is 11.1 Å². The van der Waals surface area contributed by atoms with Crippen molar-refractivity contribution in [2.45, 2.75) is 24.5 Å². The molecule has 0 saturated heterocycles. The van der Waals surface area contributed by atoms with Gasteiger partial charge in [-0.2, -0.15) is 0 Å². The van der Waals surface area contributed by atoms with E-state index in [2.05, 4.69) is 36.4 Å². The maximum absolute atomic E-state index is 11.5. The zero-order valence-corrected chi connectivity index (χ0v) is 13.9. The molecule has 0 aromatic heterocycles. The Labute approximate surface area is 139 Å². The number of carbonyl (C=O) groups excluding carboxylic acids is 1. The van der Waals surface area contributed by atoms with E-state index in [1.807, 2.05) is 18.2 Å². The van der Waals surface area contributed by atoms with E-state index >= 15 is 0 Å². The average molecular weight is 331 g/mol. The maximum Gasteiger partial charge on any atom is 0.259 e. The molecule has 1 amide bonds. The molecular formula is C18H21NO3S. The summed E-state index contributed by atoms with van der Waals surface area (Å²) >= 11 is 0. The van der Waals surface area contributed by atoms with Gasteiger partial charge in [-0.15, -0.1) is 0 Å². The van der Waals surface area contributed by atoms with Gasteiger partial charge in [-0.05, 0) is 36.0 Å². The van der Waals surface area contributed by atoms with Crippen molar-refractivity contribution in [1.82, 2.24) is 5.48 Å². The van der Waals surface area contributed by atoms with Gasteiger partial charge >= 0.3 is 0 Å². The molecule has 5 heteroatoms. The van der Waals surface area contributed by atoms with Crippen molar-refractivity contribution < 1.29 is 14.2 Å². The molecule has 0 radical (unpaired) electrons. The predicted octanol–water partition coefficient (Wildman–Crippen LogP) is 2.93. The van der Waals surface area contributed by atoms with Crippen LogP contribution in [0.1, 0.15) is 18.4 Å². The van der Waals surface area contributed by atoms with Crippen LogP contribution in [-0.4, -0.2) is 26.8 Å². The van der Waals surface area contributed by atoms with E-state index in [4.69, 9.17) is 5.21 Å². The molecule has 0 fully saturated rings. The molecular weight excluding hydrogens is 310 g/mol. The summed E-state index contributed by atoms with van der Waals surface area (Å²) in [5.41, 5.74) is 5.11. The quantitative estimate of drug-likeness (QED) is 0.605. The van der Waals surface area contributed by atoms with Gasteiger partial charge in [-0.3, -0.25) is 14.2 Å². The standard InChI is InChI=1S/C18H21NO3S/c1-23(22)17(18(20)19-21)9-5-6-14-10-12-16(13-11-14)15-7-3-2-4-8-15/h2-4,7-8,10-13,17,21H,5-6,9H2,1H3,(H,19,20). The molecule has 2 N–H and O–H groups in total. The van der Waals surface area contributed by atoms with E-state index in [1.165, 1.54) is 22.9 Å². The molecule has 2 aromatic carbocycles. The van der Waals surface area contributed by atoms with Crippen LogP contribution in [0.15, 0.2) is 54.6 Å². The van der Waals surface area contributed by atoms with Crippen LogP contribution < -0.4 is 5.48 Å². The monoisotopic (exact) mass is 331 g/mol. The number of hydrogen-bond donors (Lipinski definition) is 2. The first-order valence-corrected chi connectivity index (χ1v) is 9.14. The average Bonchev–Trinajstić information content (AvgIpc) is 2.59. The normalized spacial score (nSPS) is 13.3.